The molecule has 0 aliphatic rings. The zero-order valence-electron chi connectivity index (χ0n) is 10.3. The molecule has 0 spiro atoms. The molecule has 0 amide bonds. The third-order valence-electron chi connectivity index (χ3n) is 2.76. The van der Waals surface area contributed by atoms with E-state index in [-0.39, 0.29) is 10.8 Å². The van der Waals surface area contributed by atoms with E-state index in [1.54, 1.807) is 12.1 Å². The van der Waals surface area contributed by atoms with Crippen molar-refractivity contribution in [2.24, 2.45) is 5.73 Å². The monoisotopic (exact) mass is 258 g/mol. The maximum Gasteiger partial charge on any atom is 0.141 e. The number of hydrogen-bond acceptors (Lipinski definition) is 2. The Hall–Kier alpha value is -0.640. The van der Waals surface area contributed by atoms with Gasteiger partial charge in [0, 0.05) is 6.54 Å². The van der Waals surface area contributed by atoms with Crippen LogP contribution >= 0.6 is 11.6 Å². The lowest BCUT2D eigenvalue weighted by Gasteiger charge is -2.16. The van der Waals surface area contributed by atoms with Gasteiger partial charge < -0.3 is 10.6 Å². The van der Waals surface area contributed by atoms with E-state index in [9.17, 15) is 4.39 Å². The van der Waals surface area contributed by atoms with Crippen molar-refractivity contribution in [3.8, 4) is 0 Å². The molecule has 0 saturated heterocycles. The summed E-state index contributed by atoms with van der Waals surface area (Å²) in [6.07, 6.45) is 3.07. The molecule has 1 aromatic rings. The molecule has 0 unspecified atom stereocenters. The molecule has 0 aliphatic heterocycles. The summed E-state index contributed by atoms with van der Waals surface area (Å²) < 4.78 is 12.9. The van der Waals surface area contributed by atoms with Crippen LogP contribution in [0, 0.1) is 5.82 Å². The van der Waals surface area contributed by atoms with Crippen LogP contribution in [0.4, 0.5) is 4.39 Å². The highest BCUT2D eigenvalue weighted by Crippen LogP contribution is 2.16. The summed E-state index contributed by atoms with van der Waals surface area (Å²) in [4.78, 5) is 2.26. The molecular formula is C13H20ClFN2. The number of unbranched alkanes of at least 4 members (excludes halogenated alkanes) is 1. The number of rotatable bonds is 7. The average Bonchev–Trinajstić information content (AvgIpc) is 2.31. The molecular weight excluding hydrogens is 239 g/mol. The lowest BCUT2D eigenvalue weighted by atomic mass is 10.1. The van der Waals surface area contributed by atoms with Crippen LogP contribution in [0.1, 0.15) is 18.4 Å². The summed E-state index contributed by atoms with van der Waals surface area (Å²) in [6.45, 7) is 2.75. The van der Waals surface area contributed by atoms with Crippen molar-refractivity contribution in [1.29, 1.82) is 0 Å². The first kappa shape index (κ1) is 14.4. The van der Waals surface area contributed by atoms with Crippen LogP contribution in [0.3, 0.4) is 0 Å². The fourth-order valence-corrected chi connectivity index (χ4v) is 1.86. The standard InChI is InChI=1S/C13H20ClFN2/c1-17(8-3-2-7-16)9-6-11-4-5-13(15)12(14)10-11/h4-5,10H,2-3,6-9,16H2,1H3. The Bertz CT molecular complexity index is 344. The van der Waals surface area contributed by atoms with Crippen LogP contribution in [-0.2, 0) is 6.42 Å². The molecule has 96 valence electrons. The fraction of sp³-hybridized carbons (Fsp3) is 0.538. The molecule has 0 bridgehead atoms. The zero-order valence-corrected chi connectivity index (χ0v) is 11.0. The van der Waals surface area contributed by atoms with E-state index >= 15 is 0 Å². The maximum absolute atomic E-state index is 12.9. The third kappa shape index (κ3) is 5.48. The minimum atomic E-state index is -0.355. The number of halogens is 2. The largest absolute Gasteiger partial charge is 0.330 e. The quantitative estimate of drug-likeness (QED) is 0.762. The Morgan fingerprint density at radius 1 is 1.29 bits per heavy atom. The molecule has 0 fully saturated rings. The number of likely N-dealkylation sites (N-methyl/N-ethyl adjacent to an activating group) is 1. The minimum Gasteiger partial charge on any atom is -0.330 e. The second-order valence-electron chi connectivity index (χ2n) is 4.30. The molecule has 0 atom stereocenters. The lowest BCUT2D eigenvalue weighted by molar-refractivity contribution is 0.331. The predicted octanol–water partition coefficient (Wildman–Crippen LogP) is 2.69. The first-order valence-corrected chi connectivity index (χ1v) is 6.34. The van der Waals surface area contributed by atoms with Crippen molar-refractivity contribution >= 4 is 11.6 Å². The van der Waals surface area contributed by atoms with Crippen molar-refractivity contribution < 1.29 is 4.39 Å². The van der Waals surface area contributed by atoms with E-state index in [1.807, 2.05) is 0 Å². The van der Waals surface area contributed by atoms with Gasteiger partial charge >= 0.3 is 0 Å². The van der Waals surface area contributed by atoms with Gasteiger partial charge in [0.15, 0.2) is 0 Å². The van der Waals surface area contributed by atoms with Crippen LogP contribution in [0.2, 0.25) is 5.02 Å². The van der Waals surface area contributed by atoms with Gasteiger partial charge in [-0.3, -0.25) is 0 Å². The maximum atomic E-state index is 12.9. The first-order valence-electron chi connectivity index (χ1n) is 5.96. The van der Waals surface area contributed by atoms with E-state index in [2.05, 4.69) is 11.9 Å². The van der Waals surface area contributed by atoms with Crippen LogP contribution in [0.5, 0.6) is 0 Å². The fourth-order valence-electron chi connectivity index (χ4n) is 1.65. The summed E-state index contributed by atoms with van der Waals surface area (Å²) in [5.74, 6) is -0.355. The molecule has 0 radical (unpaired) electrons. The van der Waals surface area contributed by atoms with E-state index < -0.39 is 0 Å². The molecule has 0 aromatic heterocycles. The summed E-state index contributed by atoms with van der Waals surface area (Å²) >= 11 is 5.73. The summed E-state index contributed by atoms with van der Waals surface area (Å²) in [7, 11) is 2.08. The Morgan fingerprint density at radius 3 is 2.71 bits per heavy atom. The van der Waals surface area contributed by atoms with E-state index in [4.69, 9.17) is 17.3 Å². The van der Waals surface area contributed by atoms with Gasteiger partial charge in [0.2, 0.25) is 0 Å². The highest BCUT2D eigenvalue weighted by atomic mass is 35.5. The van der Waals surface area contributed by atoms with Gasteiger partial charge in [-0.2, -0.15) is 0 Å². The summed E-state index contributed by atoms with van der Waals surface area (Å²) in [5, 5.41) is 0.202. The molecule has 0 aliphatic carbocycles. The normalized spacial score (nSPS) is 11.1. The van der Waals surface area contributed by atoms with Crippen molar-refractivity contribution in [2.75, 3.05) is 26.7 Å². The lowest BCUT2D eigenvalue weighted by Crippen LogP contribution is -2.23. The molecule has 0 saturated carbocycles. The smallest absolute Gasteiger partial charge is 0.141 e. The predicted molar refractivity (Wildman–Crippen MR) is 70.9 cm³/mol. The Morgan fingerprint density at radius 2 is 2.06 bits per heavy atom. The molecule has 1 aromatic carbocycles. The Balaban J connectivity index is 2.31. The summed E-state index contributed by atoms with van der Waals surface area (Å²) in [5.41, 5.74) is 6.51. The van der Waals surface area contributed by atoms with Crippen LogP contribution < -0.4 is 5.73 Å². The molecule has 0 heterocycles. The van der Waals surface area contributed by atoms with Crippen molar-refractivity contribution in [3.05, 3.63) is 34.6 Å². The van der Waals surface area contributed by atoms with Gasteiger partial charge in [-0.1, -0.05) is 17.7 Å². The average molecular weight is 259 g/mol. The first-order chi connectivity index (χ1) is 8.13. The zero-order chi connectivity index (χ0) is 12.7. The Kier molecular flexibility index (Phi) is 6.48. The van der Waals surface area contributed by atoms with Crippen LogP contribution in [0.25, 0.3) is 0 Å². The number of benzene rings is 1. The number of nitrogens with zero attached hydrogens (tertiary/aromatic N) is 1. The highest BCUT2D eigenvalue weighted by Gasteiger charge is 2.03. The van der Waals surface area contributed by atoms with Crippen molar-refractivity contribution in [3.63, 3.8) is 0 Å². The van der Waals surface area contributed by atoms with Gasteiger partial charge in [-0.15, -0.1) is 0 Å². The van der Waals surface area contributed by atoms with Gasteiger partial charge in [0.1, 0.15) is 5.82 Å². The second kappa shape index (κ2) is 7.64. The van der Waals surface area contributed by atoms with E-state index in [1.165, 1.54) is 6.07 Å². The SMILES string of the molecule is CN(CCCCN)CCc1ccc(F)c(Cl)c1. The van der Waals surface area contributed by atoms with Gasteiger partial charge in [0.25, 0.3) is 0 Å². The summed E-state index contributed by atoms with van der Waals surface area (Å²) in [6, 6.07) is 4.91. The molecule has 1 rings (SSSR count). The minimum absolute atomic E-state index is 0.202. The number of hydrogen-bond donors (Lipinski definition) is 1. The van der Waals surface area contributed by atoms with Crippen LogP contribution in [0.15, 0.2) is 18.2 Å². The van der Waals surface area contributed by atoms with E-state index in [0.717, 1.165) is 44.5 Å². The molecule has 17 heavy (non-hydrogen) atoms. The van der Waals surface area contributed by atoms with Gasteiger partial charge in [-0.25, -0.2) is 4.39 Å². The Labute approximate surface area is 108 Å². The van der Waals surface area contributed by atoms with Crippen molar-refractivity contribution in [1.82, 2.24) is 4.90 Å². The second-order valence-corrected chi connectivity index (χ2v) is 4.70. The van der Waals surface area contributed by atoms with Crippen LogP contribution in [-0.4, -0.2) is 31.6 Å². The van der Waals surface area contributed by atoms with Gasteiger partial charge in [0.05, 0.1) is 5.02 Å². The van der Waals surface area contributed by atoms with Crippen molar-refractivity contribution in [2.45, 2.75) is 19.3 Å². The number of nitrogens with two attached hydrogens (primary N) is 1. The topological polar surface area (TPSA) is 29.3 Å². The third-order valence-corrected chi connectivity index (χ3v) is 3.05. The molecule has 4 heteroatoms. The van der Waals surface area contributed by atoms with Gasteiger partial charge in [-0.05, 0) is 57.1 Å². The van der Waals surface area contributed by atoms with E-state index in [0.29, 0.717) is 0 Å². The molecule has 2 nitrogen and oxygen atoms in total. The highest BCUT2D eigenvalue weighted by molar-refractivity contribution is 6.30. The molecule has 2 N–H and O–H groups in total.